The maximum absolute atomic E-state index is 14.3. The van der Waals surface area contributed by atoms with Crippen molar-refractivity contribution in [2.45, 2.75) is 6.10 Å². The van der Waals surface area contributed by atoms with Crippen LogP contribution < -0.4 is 15.5 Å². The summed E-state index contributed by atoms with van der Waals surface area (Å²) in [4.78, 5) is 12.9. The summed E-state index contributed by atoms with van der Waals surface area (Å²) in [6, 6.07) is 15.1. The van der Waals surface area contributed by atoms with Gasteiger partial charge >= 0.3 is 0 Å². The second-order valence-corrected chi connectivity index (χ2v) is 7.00. The zero-order valence-corrected chi connectivity index (χ0v) is 16.9. The minimum Gasteiger partial charge on any atom is -0.491 e. The number of aliphatic hydroxyl groups excluding tert-OH is 2. The monoisotopic (exact) mass is 446 g/mol. The van der Waals surface area contributed by atoms with Crippen LogP contribution in [0.3, 0.4) is 0 Å². The van der Waals surface area contributed by atoms with E-state index in [-0.39, 0.29) is 28.5 Å². The Morgan fingerprint density at radius 1 is 1.06 bits per heavy atom. The summed E-state index contributed by atoms with van der Waals surface area (Å²) < 4.78 is 19.6. The topological polar surface area (TPSA) is 111 Å². The molecule has 0 aliphatic carbocycles. The fourth-order valence-corrected chi connectivity index (χ4v) is 3.05. The molecule has 0 saturated carbocycles. The van der Waals surface area contributed by atoms with Crippen molar-refractivity contribution < 1.29 is 29.3 Å². The highest BCUT2D eigenvalue weighted by Crippen LogP contribution is 2.30. The molecule has 0 radical (unpaired) electrons. The van der Waals surface area contributed by atoms with Crippen LogP contribution in [0.25, 0.3) is 0 Å². The highest BCUT2D eigenvalue weighted by Gasteiger charge is 2.19. The number of anilines is 3. The van der Waals surface area contributed by atoms with Gasteiger partial charge in [0, 0.05) is 11.3 Å². The van der Waals surface area contributed by atoms with Crippen molar-refractivity contribution in [2.75, 3.05) is 24.0 Å². The molecule has 0 aliphatic rings. The molecular formula is C22H20ClFN2O5. The van der Waals surface area contributed by atoms with Gasteiger partial charge < -0.3 is 20.3 Å². The Morgan fingerprint density at radius 2 is 1.81 bits per heavy atom. The summed E-state index contributed by atoms with van der Waals surface area (Å²) in [5, 5.41) is 30.6. The van der Waals surface area contributed by atoms with Gasteiger partial charge in [0.2, 0.25) is 0 Å². The lowest BCUT2D eigenvalue weighted by atomic mass is 10.0. The fraction of sp³-hybridized carbons (Fsp3) is 0.136. The fourth-order valence-electron chi connectivity index (χ4n) is 2.78. The van der Waals surface area contributed by atoms with Crippen LogP contribution in [0, 0.1) is 5.82 Å². The number of benzene rings is 3. The Balaban J connectivity index is 1.82. The molecule has 0 heterocycles. The van der Waals surface area contributed by atoms with Gasteiger partial charge in [-0.25, -0.2) is 4.39 Å². The van der Waals surface area contributed by atoms with E-state index in [1.165, 1.54) is 24.3 Å². The van der Waals surface area contributed by atoms with E-state index >= 15 is 0 Å². The first-order valence-electron chi connectivity index (χ1n) is 9.24. The Hall–Kier alpha value is -3.17. The number of carbonyl (C=O) groups is 1. The SMILES string of the molecule is O=C(c1cc(OCC(O)CO)ccc1F)c1ccc(Nc2ccccc2NO)cc1Cl. The molecule has 0 amide bonds. The maximum Gasteiger partial charge on any atom is 0.197 e. The summed E-state index contributed by atoms with van der Waals surface area (Å²) in [7, 11) is 0. The Bertz CT molecular complexity index is 1080. The van der Waals surface area contributed by atoms with E-state index in [2.05, 4.69) is 10.8 Å². The molecule has 162 valence electrons. The van der Waals surface area contributed by atoms with Crippen molar-refractivity contribution >= 4 is 34.4 Å². The highest BCUT2D eigenvalue weighted by atomic mass is 35.5. The lowest BCUT2D eigenvalue weighted by molar-refractivity contribution is 0.0535. The van der Waals surface area contributed by atoms with E-state index in [4.69, 9.17) is 21.4 Å². The van der Waals surface area contributed by atoms with Gasteiger partial charge in [-0.05, 0) is 48.5 Å². The van der Waals surface area contributed by atoms with E-state index in [9.17, 15) is 19.5 Å². The van der Waals surface area contributed by atoms with E-state index < -0.39 is 24.3 Å². The van der Waals surface area contributed by atoms with Crippen LogP contribution in [0.1, 0.15) is 15.9 Å². The molecule has 9 heteroatoms. The minimum absolute atomic E-state index is 0.0900. The van der Waals surface area contributed by atoms with E-state index in [0.717, 1.165) is 6.07 Å². The predicted octanol–water partition coefficient (Wildman–Crippen LogP) is 3.99. The van der Waals surface area contributed by atoms with Crippen molar-refractivity contribution in [3.8, 4) is 5.75 Å². The van der Waals surface area contributed by atoms with Gasteiger partial charge in [0.1, 0.15) is 24.3 Å². The number of nitrogens with one attached hydrogen (secondary N) is 2. The molecule has 0 aromatic heterocycles. The second kappa shape index (κ2) is 10.2. The number of halogens is 2. The van der Waals surface area contributed by atoms with Crippen molar-refractivity contribution in [1.82, 2.24) is 0 Å². The third-order valence-electron chi connectivity index (χ3n) is 4.38. The number of hydrogen-bond acceptors (Lipinski definition) is 7. The molecule has 3 aromatic carbocycles. The summed E-state index contributed by atoms with van der Waals surface area (Å²) in [5.41, 5.74) is 3.52. The molecule has 3 rings (SSSR count). The van der Waals surface area contributed by atoms with Gasteiger partial charge in [-0.3, -0.25) is 15.5 Å². The standard InChI is InChI=1S/C22H20ClFN2O5/c23-18-9-13(25-20-3-1-2-4-21(20)26-30)5-7-16(18)22(29)17-10-15(6-8-19(17)24)31-12-14(28)11-27/h1-10,14,25-28,30H,11-12H2. The molecule has 0 fully saturated rings. The van der Waals surface area contributed by atoms with Crippen LogP contribution in [0.5, 0.6) is 5.75 Å². The van der Waals surface area contributed by atoms with Gasteiger partial charge in [-0.15, -0.1) is 0 Å². The minimum atomic E-state index is -1.09. The highest BCUT2D eigenvalue weighted by molar-refractivity contribution is 6.35. The number of ether oxygens (including phenoxy) is 1. The molecule has 7 nitrogen and oxygen atoms in total. The number of hydrogen-bond donors (Lipinski definition) is 5. The molecule has 0 aliphatic heterocycles. The van der Waals surface area contributed by atoms with Gasteiger partial charge in [-0.1, -0.05) is 23.7 Å². The lowest BCUT2D eigenvalue weighted by Gasteiger charge is -2.13. The molecule has 0 saturated heterocycles. The van der Waals surface area contributed by atoms with Crippen LogP contribution in [-0.4, -0.2) is 40.5 Å². The molecule has 0 spiro atoms. The quantitative estimate of drug-likeness (QED) is 0.249. The average Bonchev–Trinajstić information content (AvgIpc) is 2.78. The van der Waals surface area contributed by atoms with E-state index in [1.54, 1.807) is 30.3 Å². The van der Waals surface area contributed by atoms with Gasteiger partial charge in [-0.2, -0.15) is 0 Å². The normalized spacial score (nSPS) is 11.6. The smallest absolute Gasteiger partial charge is 0.197 e. The maximum atomic E-state index is 14.3. The van der Waals surface area contributed by atoms with Crippen LogP contribution in [0.15, 0.2) is 60.7 Å². The van der Waals surface area contributed by atoms with Crippen molar-refractivity contribution in [2.24, 2.45) is 0 Å². The Labute approximate surface area is 182 Å². The van der Waals surface area contributed by atoms with E-state index in [0.29, 0.717) is 17.1 Å². The number of ketones is 1. The lowest BCUT2D eigenvalue weighted by Crippen LogP contribution is -2.21. The average molecular weight is 447 g/mol. The summed E-state index contributed by atoms with van der Waals surface area (Å²) in [6.07, 6.45) is -1.09. The van der Waals surface area contributed by atoms with Crippen LogP contribution in [0.4, 0.5) is 21.5 Å². The summed E-state index contributed by atoms with van der Waals surface area (Å²) in [5.74, 6) is -1.22. The molecule has 3 aromatic rings. The number of aliphatic hydroxyl groups is 2. The summed E-state index contributed by atoms with van der Waals surface area (Å²) in [6.45, 7) is -0.692. The molecule has 31 heavy (non-hydrogen) atoms. The first-order valence-corrected chi connectivity index (χ1v) is 9.62. The zero-order chi connectivity index (χ0) is 22.4. The van der Waals surface area contributed by atoms with Gasteiger partial charge in [0.05, 0.1) is 28.6 Å². The van der Waals surface area contributed by atoms with Gasteiger partial charge in [0.15, 0.2) is 5.78 Å². The number of carbonyl (C=O) groups excluding carboxylic acids is 1. The third kappa shape index (κ3) is 5.50. The summed E-state index contributed by atoms with van der Waals surface area (Å²) >= 11 is 6.29. The van der Waals surface area contributed by atoms with Crippen LogP contribution in [-0.2, 0) is 0 Å². The molecular weight excluding hydrogens is 427 g/mol. The zero-order valence-electron chi connectivity index (χ0n) is 16.2. The number of para-hydroxylation sites is 2. The third-order valence-corrected chi connectivity index (χ3v) is 4.69. The predicted molar refractivity (Wildman–Crippen MR) is 115 cm³/mol. The second-order valence-electron chi connectivity index (χ2n) is 6.60. The molecule has 1 unspecified atom stereocenters. The largest absolute Gasteiger partial charge is 0.491 e. The molecule has 0 bridgehead atoms. The van der Waals surface area contributed by atoms with Crippen molar-refractivity contribution in [3.05, 3.63) is 82.6 Å². The molecule has 1 atom stereocenters. The first kappa shape index (κ1) is 22.5. The number of rotatable bonds is 9. The molecule has 5 N–H and O–H groups in total. The van der Waals surface area contributed by atoms with Crippen LogP contribution >= 0.6 is 11.6 Å². The first-order chi connectivity index (χ1) is 14.9. The van der Waals surface area contributed by atoms with E-state index in [1.807, 2.05) is 0 Å². The van der Waals surface area contributed by atoms with Crippen molar-refractivity contribution in [3.63, 3.8) is 0 Å². The van der Waals surface area contributed by atoms with Crippen molar-refractivity contribution in [1.29, 1.82) is 0 Å². The van der Waals surface area contributed by atoms with Gasteiger partial charge in [0.25, 0.3) is 0 Å². The Morgan fingerprint density at radius 3 is 2.48 bits per heavy atom. The van der Waals surface area contributed by atoms with Crippen LogP contribution in [0.2, 0.25) is 5.02 Å². The Kier molecular flexibility index (Phi) is 7.43.